The minimum Gasteiger partial charge on any atom is -0.478 e. The molecule has 3 amide bonds. The molecule has 3 N–H and O–H groups in total. The Morgan fingerprint density at radius 2 is 1.72 bits per heavy atom. The second-order valence-electron chi connectivity index (χ2n) is 9.31. The van der Waals surface area contributed by atoms with Crippen molar-refractivity contribution in [2.45, 2.75) is 45.6 Å². The summed E-state index contributed by atoms with van der Waals surface area (Å²) >= 11 is 0. The van der Waals surface area contributed by atoms with Crippen molar-refractivity contribution in [2.24, 2.45) is 0 Å². The van der Waals surface area contributed by atoms with E-state index in [0.717, 1.165) is 17.5 Å². The fourth-order valence-corrected chi connectivity index (χ4v) is 4.36. The molecule has 36 heavy (non-hydrogen) atoms. The Balaban J connectivity index is 1.39. The normalized spacial score (nSPS) is 15.1. The molecule has 0 spiro atoms. The molecule has 3 aromatic rings. The number of anilines is 2. The Morgan fingerprint density at radius 3 is 2.33 bits per heavy atom. The molecule has 4 rings (SSSR count). The van der Waals surface area contributed by atoms with Crippen molar-refractivity contribution in [3.63, 3.8) is 0 Å². The molecule has 2 aromatic carbocycles. The highest BCUT2D eigenvalue weighted by Crippen LogP contribution is 2.25. The van der Waals surface area contributed by atoms with Crippen LogP contribution in [-0.4, -0.2) is 45.5 Å². The van der Waals surface area contributed by atoms with Gasteiger partial charge in [-0.15, -0.1) is 0 Å². The number of carbonyl (C=O) groups is 3. The number of urea groups is 1. The molecule has 1 aliphatic rings. The van der Waals surface area contributed by atoms with Crippen LogP contribution in [0.3, 0.4) is 0 Å². The molecule has 0 saturated carbocycles. The van der Waals surface area contributed by atoms with Crippen LogP contribution in [0.15, 0.2) is 60.8 Å². The van der Waals surface area contributed by atoms with E-state index < -0.39 is 12.0 Å². The van der Waals surface area contributed by atoms with E-state index in [4.69, 9.17) is 0 Å². The van der Waals surface area contributed by atoms with Gasteiger partial charge in [-0.1, -0.05) is 38.1 Å². The molecule has 0 radical (unpaired) electrons. The third kappa shape index (κ3) is 5.54. The Labute approximate surface area is 210 Å². The monoisotopic (exact) mass is 486 g/mol. The van der Waals surface area contributed by atoms with Crippen LogP contribution in [0.4, 0.5) is 16.3 Å². The van der Waals surface area contributed by atoms with Crippen molar-refractivity contribution in [3.8, 4) is 11.1 Å². The predicted molar refractivity (Wildman–Crippen MR) is 139 cm³/mol. The maximum Gasteiger partial charge on any atom is 0.335 e. The van der Waals surface area contributed by atoms with Gasteiger partial charge in [0.25, 0.3) is 0 Å². The van der Waals surface area contributed by atoms with E-state index in [1.165, 1.54) is 5.56 Å². The van der Waals surface area contributed by atoms with Crippen molar-refractivity contribution >= 4 is 29.4 Å². The van der Waals surface area contributed by atoms with Gasteiger partial charge >= 0.3 is 12.0 Å². The lowest BCUT2D eigenvalue weighted by atomic mass is 10.0. The lowest BCUT2D eigenvalue weighted by Crippen LogP contribution is -2.45. The average molecular weight is 487 g/mol. The molecule has 0 aliphatic carbocycles. The highest BCUT2D eigenvalue weighted by Gasteiger charge is 2.34. The number of nitrogens with zero attached hydrogens (tertiary/aromatic N) is 2. The first-order valence-electron chi connectivity index (χ1n) is 12.0. The summed E-state index contributed by atoms with van der Waals surface area (Å²) in [4.78, 5) is 43.0. The topological polar surface area (TPSA) is 112 Å². The Bertz CT molecular complexity index is 1270. The number of likely N-dealkylation sites (tertiary alicyclic amines) is 1. The van der Waals surface area contributed by atoms with Crippen LogP contribution < -0.4 is 10.6 Å². The summed E-state index contributed by atoms with van der Waals surface area (Å²) in [5, 5.41) is 14.9. The highest BCUT2D eigenvalue weighted by atomic mass is 16.4. The van der Waals surface area contributed by atoms with E-state index in [1.807, 2.05) is 30.3 Å². The van der Waals surface area contributed by atoms with Crippen molar-refractivity contribution in [2.75, 3.05) is 17.2 Å². The number of hydrogen-bond acceptors (Lipinski definition) is 4. The van der Waals surface area contributed by atoms with Crippen LogP contribution in [0.5, 0.6) is 0 Å². The van der Waals surface area contributed by atoms with Crippen LogP contribution >= 0.6 is 0 Å². The number of carboxylic acid groups (broad SMARTS) is 1. The lowest BCUT2D eigenvalue weighted by molar-refractivity contribution is -0.119. The number of aromatic carboxylic acids is 1. The van der Waals surface area contributed by atoms with Crippen LogP contribution in [0, 0.1) is 6.92 Å². The lowest BCUT2D eigenvalue weighted by Gasteiger charge is -2.24. The Hall–Kier alpha value is -4.20. The molecule has 1 atom stereocenters. The number of aromatic nitrogens is 1. The molecule has 1 aliphatic heterocycles. The van der Waals surface area contributed by atoms with E-state index in [9.17, 15) is 19.5 Å². The maximum atomic E-state index is 13.0. The van der Waals surface area contributed by atoms with Gasteiger partial charge in [0.15, 0.2) is 0 Å². The molecular weight excluding hydrogens is 456 g/mol. The summed E-state index contributed by atoms with van der Waals surface area (Å²) < 4.78 is 0. The minimum atomic E-state index is -0.964. The Kier molecular flexibility index (Phi) is 7.33. The van der Waals surface area contributed by atoms with Gasteiger partial charge in [0, 0.05) is 24.0 Å². The van der Waals surface area contributed by atoms with Crippen molar-refractivity contribution in [1.29, 1.82) is 0 Å². The fourth-order valence-electron chi connectivity index (χ4n) is 4.36. The van der Waals surface area contributed by atoms with Gasteiger partial charge in [0.05, 0.1) is 5.56 Å². The van der Waals surface area contributed by atoms with Gasteiger partial charge in [-0.05, 0) is 72.7 Å². The number of carbonyl (C=O) groups excluding carboxylic acids is 2. The summed E-state index contributed by atoms with van der Waals surface area (Å²) in [5.74, 6) is -0.446. The predicted octanol–water partition coefficient (Wildman–Crippen LogP) is 5.51. The van der Waals surface area contributed by atoms with Crippen LogP contribution in [0.2, 0.25) is 0 Å². The maximum absolute atomic E-state index is 13.0. The molecule has 1 saturated heterocycles. The number of pyridine rings is 1. The molecule has 8 nitrogen and oxygen atoms in total. The molecule has 186 valence electrons. The molecule has 8 heteroatoms. The quantitative estimate of drug-likeness (QED) is 0.425. The largest absolute Gasteiger partial charge is 0.478 e. The summed E-state index contributed by atoms with van der Waals surface area (Å²) in [5.41, 5.74) is 4.44. The fraction of sp³-hybridized carbons (Fsp3) is 0.286. The van der Waals surface area contributed by atoms with Crippen molar-refractivity contribution in [3.05, 3.63) is 77.5 Å². The molecular formula is C28H30N4O4. The highest BCUT2D eigenvalue weighted by molar-refractivity contribution is 5.99. The third-order valence-electron chi connectivity index (χ3n) is 6.45. The summed E-state index contributed by atoms with van der Waals surface area (Å²) in [6.45, 7) is 6.48. The smallest absolute Gasteiger partial charge is 0.335 e. The molecule has 1 fully saturated rings. The van der Waals surface area contributed by atoms with Gasteiger partial charge in [-0.2, -0.15) is 0 Å². The van der Waals surface area contributed by atoms with Crippen LogP contribution in [0.25, 0.3) is 11.1 Å². The zero-order valence-electron chi connectivity index (χ0n) is 20.6. The van der Waals surface area contributed by atoms with E-state index >= 15 is 0 Å². The van der Waals surface area contributed by atoms with Crippen LogP contribution in [-0.2, 0) is 4.79 Å². The van der Waals surface area contributed by atoms with E-state index in [1.54, 1.807) is 42.3 Å². The number of aryl methyl sites for hydroxylation is 1. The standard InChI is InChI=1S/C28H30N4O4/c1-17(2)19-6-10-22(11-7-19)30-28(36)32-14-4-5-24(32)26(33)31-25-13-9-21(16-29-25)20-8-12-23(27(34)35)18(3)15-20/h6-13,15-17,24H,4-5,14H2,1-3H3,(H,30,36)(H,34,35)(H,29,31,33)/t24-/m1/s1. The first-order chi connectivity index (χ1) is 17.2. The van der Waals surface area contributed by atoms with Gasteiger partial charge in [-0.3, -0.25) is 4.79 Å². The molecule has 0 bridgehead atoms. The summed E-state index contributed by atoms with van der Waals surface area (Å²) in [6.07, 6.45) is 2.96. The van der Waals surface area contributed by atoms with Gasteiger partial charge < -0.3 is 20.6 Å². The number of hydrogen-bond donors (Lipinski definition) is 3. The number of nitrogens with one attached hydrogen (secondary N) is 2. The summed E-state index contributed by atoms with van der Waals surface area (Å²) in [6, 6.07) is 15.5. The Morgan fingerprint density at radius 1 is 1.00 bits per heavy atom. The number of rotatable bonds is 6. The molecule has 0 unspecified atom stereocenters. The number of benzene rings is 2. The van der Waals surface area contributed by atoms with E-state index in [0.29, 0.717) is 36.0 Å². The SMILES string of the molecule is Cc1cc(-c2ccc(NC(=O)[C@H]3CCCN3C(=O)Nc3ccc(C(C)C)cc3)nc2)ccc1C(=O)O. The molecule has 2 heterocycles. The molecule has 1 aromatic heterocycles. The average Bonchev–Trinajstić information content (AvgIpc) is 3.35. The second kappa shape index (κ2) is 10.6. The van der Waals surface area contributed by atoms with Crippen LogP contribution in [0.1, 0.15) is 54.1 Å². The first kappa shape index (κ1) is 24.9. The van der Waals surface area contributed by atoms with E-state index in [-0.39, 0.29) is 17.5 Å². The zero-order chi connectivity index (χ0) is 25.8. The van der Waals surface area contributed by atoms with E-state index in [2.05, 4.69) is 29.5 Å². The van der Waals surface area contributed by atoms with Gasteiger partial charge in [-0.25, -0.2) is 14.6 Å². The zero-order valence-corrected chi connectivity index (χ0v) is 20.6. The number of carboxylic acids is 1. The second-order valence-corrected chi connectivity index (χ2v) is 9.31. The summed E-state index contributed by atoms with van der Waals surface area (Å²) in [7, 11) is 0. The third-order valence-corrected chi connectivity index (χ3v) is 6.45. The number of amides is 3. The first-order valence-corrected chi connectivity index (χ1v) is 12.0. The van der Waals surface area contributed by atoms with Gasteiger partial charge in [0.1, 0.15) is 11.9 Å². The minimum absolute atomic E-state index is 0.258. The van der Waals surface area contributed by atoms with Gasteiger partial charge in [0.2, 0.25) is 5.91 Å². The van der Waals surface area contributed by atoms with Crippen molar-refractivity contribution in [1.82, 2.24) is 9.88 Å². The van der Waals surface area contributed by atoms with Crippen molar-refractivity contribution < 1.29 is 19.5 Å².